The van der Waals surface area contributed by atoms with Crippen molar-refractivity contribution in [3.8, 4) is 0 Å². The van der Waals surface area contributed by atoms with Crippen molar-refractivity contribution in [2.24, 2.45) is 0 Å². The fourth-order valence-corrected chi connectivity index (χ4v) is 3.90. The number of hydrogen-bond acceptors (Lipinski definition) is 4. The lowest BCUT2D eigenvalue weighted by Gasteiger charge is -2.33. The average Bonchev–Trinajstić information content (AvgIpc) is 2.92. The third-order valence-electron chi connectivity index (χ3n) is 5.51. The number of aromatic amines is 1. The van der Waals surface area contributed by atoms with Gasteiger partial charge in [-0.3, -0.25) is 4.79 Å². The van der Waals surface area contributed by atoms with Crippen LogP contribution in [0.5, 0.6) is 0 Å². The fourth-order valence-electron chi connectivity index (χ4n) is 3.90. The van der Waals surface area contributed by atoms with Crippen LogP contribution < -0.4 is 5.32 Å². The first-order valence-corrected chi connectivity index (χ1v) is 10.3. The zero-order valence-corrected chi connectivity index (χ0v) is 17.3. The van der Waals surface area contributed by atoms with Crippen LogP contribution in [-0.2, 0) is 16.0 Å². The van der Waals surface area contributed by atoms with E-state index in [1.165, 1.54) is 25.8 Å². The molecular formula is C21H35N3O3. The summed E-state index contributed by atoms with van der Waals surface area (Å²) >= 11 is 0. The second-order valence-corrected chi connectivity index (χ2v) is 7.53. The predicted octanol–water partition coefficient (Wildman–Crippen LogP) is 3.12. The number of hydrogen-bond donors (Lipinski definition) is 2. The summed E-state index contributed by atoms with van der Waals surface area (Å²) in [5.74, 6) is -0.238. The predicted molar refractivity (Wildman–Crippen MR) is 107 cm³/mol. The fraction of sp³-hybridized carbons (Fsp3) is 0.714. The summed E-state index contributed by atoms with van der Waals surface area (Å²) in [6.07, 6.45) is 5.92. The second kappa shape index (κ2) is 10.5. The van der Waals surface area contributed by atoms with Crippen molar-refractivity contribution in [2.45, 2.75) is 72.3 Å². The largest absolute Gasteiger partial charge is 0.462 e. The van der Waals surface area contributed by atoms with Crippen LogP contribution in [0.1, 0.15) is 73.3 Å². The Morgan fingerprint density at radius 2 is 2.07 bits per heavy atom. The van der Waals surface area contributed by atoms with Gasteiger partial charge in [-0.25, -0.2) is 4.79 Å². The van der Waals surface area contributed by atoms with Gasteiger partial charge in [-0.1, -0.05) is 6.42 Å². The van der Waals surface area contributed by atoms with Gasteiger partial charge in [0.05, 0.1) is 12.2 Å². The van der Waals surface area contributed by atoms with Gasteiger partial charge in [0.2, 0.25) is 5.91 Å². The summed E-state index contributed by atoms with van der Waals surface area (Å²) in [6.45, 7) is 11.2. The molecule has 0 aliphatic carbocycles. The van der Waals surface area contributed by atoms with E-state index in [4.69, 9.17) is 4.74 Å². The molecule has 0 bridgehead atoms. The lowest BCUT2D eigenvalue weighted by molar-refractivity contribution is -0.121. The summed E-state index contributed by atoms with van der Waals surface area (Å²) < 4.78 is 5.11. The van der Waals surface area contributed by atoms with Crippen LogP contribution in [0.3, 0.4) is 0 Å². The Hall–Kier alpha value is -1.82. The van der Waals surface area contributed by atoms with Crippen molar-refractivity contribution in [1.82, 2.24) is 15.2 Å². The van der Waals surface area contributed by atoms with Crippen LogP contribution in [0.4, 0.5) is 0 Å². The smallest absolute Gasteiger partial charge is 0.340 e. The molecule has 0 spiro atoms. The van der Waals surface area contributed by atoms with E-state index in [0.717, 1.165) is 36.5 Å². The van der Waals surface area contributed by atoms with Crippen LogP contribution >= 0.6 is 0 Å². The van der Waals surface area contributed by atoms with Crippen LogP contribution in [0.15, 0.2) is 0 Å². The zero-order chi connectivity index (χ0) is 19.8. The van der Waals surface area contributed by atoms with Crippen molar-refractivity contribution < 1.29 is 14.3 Å². The number of carbonyl (C=O) groups excluding carboxylic acids is 2. The molecule has 1 fully saturated rings. The van der Waals surface area contributed by atoms with Crippen LogP contribution in [0.2, 0.25) is 0 Å². The van der Waals surface area contributed by atoms with Gasteiger partial charge in [-0.05, 0) is 65.5 Å². The Morgan fingerprint density at radius 1 is 1.30 bits per heavy atom. The quantitative estimate of drug-likeness (QED) is 0.512. The molecule has 6 nitrogen and oxygen atoms in total. The maximum Gasteiger partial charge on any atom is 0.340 e. The SMILES string of the molecule is CCOC(=O)c1c(C)[nH]c(CCC(=O)NCCCN2CCCCC2C)c1C. The van der Waals surface area contributed by atoms with E-state index < -0.39 is 0 Å². The third-order valence-corrected chi connectivity index (χ3v) is 5.51. The number of H-pyrrole nitrogens is 1. The molecule has 2 N–H and O–H groups in total. The number of esters is 1. The molecule has 1 unspecified atom stereocenters. The van der Waals surface area contributed by atoms with E-state index in [1.54, 1.807) is 6.92 Å². The van der Waals surface area contributed by atoms with Gasteiger partial charge in [0.15, 0.2) is 0 Å². The molecule has 2 rings (SSSR count). The molecule has 1 aromatic rings. The Bertz CT molecular complexity index is 639. The molecule has 152 valence electrons. The molecule has 1 aliphatic heterocycles. The lowest BCUT2D eigenvalue weighted by Crippen LogP contribution is -2.39. The lowest BCUT2D eigenvalue weighted by atomic mass is 10.0. The molecule has 1 amide bonds. The van der Waals surface area contributed by atoms with E-state index in [-0.39, 0.29) is 11.9 Å². The highest BCUT2D eigenvalue weighted by Gasteiger charge is 2.20. The van der Waals surface area contributed by atoms with Gasteiger partial charge in [0, 0.05) is 36.9 Å². The highest BCUT2D eigenvalue weighted by molar-refractivity contribution is 5.92. The van der Waals surface area contributed by atoms with Gasteiger partial charge in [0.1, 0.15) is 0 Å². The number of amides is 1. The molecule has 1 saturated heterocycles. The zero-order valence-electron chi connectivity index (χ0n) is 17.3. The van der Waals surface area contributed by atoms with Gasteiger partial charge in [-0.15, -0.1) is 0 Å². The summed E-state index contributed by atoms with van der Waals surface area (Å²) in [5, 5.41) is 3.02. The number of piperidine rings is 1. The topological polar surface area (TPSA) is 74.4 Å². The van der Waals surface area contributed by atoms with Crippen molar-refractivity contribution >= 4 is 11.9 Å². The first-order valence-electron chi connectivity index (χ1n) is 10.3. The number of likely N-dealkylation sites (tertiary alicyclic amines) is 1. The average molecular weight is 378 g/mol. The molecule has 0 radical (unpaired) electrons. The molecule has 6 heteroatoms. The van der Waals surface area contributed by atoms with Crippen molar-refractivity contribution in [3.63, 3.8) is 0 Å². The van der Waals surface area contributed by atoms with Crippen molar-refractivity contribution in [2.75, 3.05) is 26.2 Å². The molecule has 1 atom stereocenters. The van der Waals surface area contributed by atoms with Gasteiger partial charge >= 0.3 is 5.97 Å². The highest BCUT2D eigenvalue weighted by atomic mass is 16.5. The van der Waals surface area contributed by atoms with E-state index in [2.05, 4.69) is 22.1 Å². The minimum atomic E-state index is -0.300. The Balaban J connectivity index is 1.72. The first-order chi connectivity index (χ1) is 12.9. The Kier molecular flexibility index (Phi) is 8.35. The standard InChI is InChI=1S/C21H35N3O3/c1-5-27-21(26)20-16(3)18(23-17(20)4)10-11-19(25)22-12-8-14-24-13-7-6-9-15(24)2/h15,23H,5-14H2,1-4H3,(H,22,25). The first kappa shape index (κ1) is 21.5. The van der Waals surface area contributed by atoms with Crippen LogP contribution in [0, 0.1) is 13.8 Å². The monoisotopic (exact) mass is 377 g/mol. The van der Waals surface area contributed by atoms with E-state index in [9.17, 15) is 9.59 Å². The number of ether oxygens (including phenoxy) is 1. The maximum atomic E-state index is 12.1. The van der Waals surface area contributed by atoms with E-state index in [1.807, 2.05) is 13.8 Å². The summed E-state index contributed by atoms with van der Waals surface area (Å²) in [7, 11) is 0. The molecule has 0 saturated carbocycles. The van der Waals surface area contributed by atoms with Crippen molar-refractivity contribution in [3.05, 3.63) is 22.5 Å². The van der Waals surface area contributed by atoms with E-state index >= 15 is 0 Å². The minimum absolute atomic E-state index is 0.0611. The summed E-state index contributed by atoms with van der Waals surface area (Å²) in [6, 6.07) is 0.669. The highest BCUT2D eigenvalue weighted by Crippen LogP contribution is 2.20. The van der Waals surface area contributed by atoms with Gasteiger partial charge in [0.25, 0.3) is 0 Å². The van der Waals surface area contributed by atoms with Gasteiger partial charge in [-0.2, -0.15) is 0 Å². The maximum absolute atomic E-state index is 12.1. The van der Waals surface area contributed by atoms with Crippen LogP contribution in [-0.4, -0.2) is 54.0 Å². The molecule has 2 heterocycles. The normalized spacial score (nSPS) is 17.7. The Morgan fingerprint density at radius 3 is 2.78 bits per heavy atom. The van der Waals surface area contributed by atoms with Crippen LogP contribution in [0.25, 0.3) is 0 Å². The third kappa shape index (κ3) is 6.09. The molecule has 1 aromatic heterocycles. The molecular weight excluding hydrogens is 342 g/mol. The number of aryl methyl sites for hydroxylation is 2. The number of carbonyl (C=O) groups is 2. The molecule has 1 aliphatic rings. The number of aromatic nitrogens is 1. The molecule has 0 aromatic carbocycles. The number of nitrogens with one attached hydrogen (secondary N) is 2. The second-order valence-electron chi connectivity index (χ2n) is 7.53. The van der Waals surface area contributed by atoms with Crippen molar-refractivity contribution in [1.29, 1.82) is 0 Å². The molecule has 27 heavy (non-hydrogen) atoms. The number of rotatable bonds is 9. The number of nitrogens with zero attached hydrogens (tertiary/aromatic N) is 1. The summed E-state index contributed by atoms with van der Waals surface area (Å²) in [4.78, 5) is 29.9. The summed E-state index contributed by atoms with van der Waals surface area (Å²) in [5.41, 5.74) is 3.23. The van der Waals surface area contributed by atoms with E-state index in [0.29, 0.717) is 31.1 Å². The Labute approximate surface area is 163 Å². The minimum Gasteiger partial charge on any atom is -0.462 e. The van der Waals surface area contributed by atoms with Gasteiger partial charge < -0.3 is 19.9 Å².